The first-order valence-corrected chi connectivity index (χ1v) is 9.88. The lowest BCUT2D eigenvalue weighted by molar-refractivity contribution is -0.159. The molecule has 1 saturated heterocycles. The summed E-state index contributed by atoms with van der Waals surface area (Å²) in [5, 5.41) is 1.98. The monoisotopic (exact) mass is 372 g/mol. The van der Waals surface area contributed by atoms with E-state index in [2.05, 4.69) is 0 Å². The molecule has 146 valence electrons. The molecule has 5 aliphatic rings. The summed E-state index contributed by atoms with van der Waals surface area (Å²) in [5.74, 6) is 1.41. The zero-order valence-corrected chi connectivity index (χ0v) is 15.0. The summed E-state index contributed by atoms with van der Waals surface area (Å²) in [4.78, 5) is 27.1. The Kier molecular flexibility index (Phi) is 4.47. The molecule has 2 amide bonds. The summed E-state index contributed by atoms with van der Waals surface area (Å²) in [6, 6.07) is 0. The number of hydrogen-bond donors (Lipinski definition) is 1. The maximum absolute atomic E-state index is 13.3. The van der Waals surface area contributed by atoms with Crippen LogP contribution in [-0.4, -0.2) is 42.5 Å². The normalized spacial score (nSPS) is 37.0. The number of halogens is 3. The maximum atomic E-state index is 13.3. The first kappa shape index (κ1) is 18.1. The molecule has 4 bridgehead atoms. The van der Waals surface area contributed by atoms with E-state index in [0.29, 0.717) is 43.7 Å². The summed E-state index contributed by atoms with van der Waals surface area (Å²) in [6.45, 7) is -0.298. The molecule has 1 N–H and O–H groups in total. The molecule has 0 radical (unpaired) electrons. The number of carbonyl (C=O) groups excluding carboxylic acids is 2. The molecule has 0 aromatic carbocycles. The summed E-state index contributed by atoms with van der Waals surface area (Å²) < 4.78 is 36.7. The van der Waals surface area contributed by atoms with Crippen molar-refractivity contribution in [2.24, 2.45) is 29.1 Å². The minimum absolute atomic E-state index is 0.180. The van der Waals surface area contributed by atoms with Gasteiger partial charge in [-0.15, -0.1) is 0 Å². The van der Waals surface area contributed by atoms with Gasteiger partial charge in [0.2, 0.25) is 11.8 Å². The zero-order chi connectivity index (χ0) is 18.5. The Morgan fingerprint density at radius 2 is 1.46 bits per heavy atom. The van der Waals surface area contributed by atoms with Crippen LogP contribution in [0.3, 0.4) is 0 Å². The van der Waals surface area contributed by atoms with E-state index >= 15 is 0 Å². The largest absolute Gasteiger partial charge is 0.405 e. The molecular formula is C19H27F3N2O2. The fourth-order valence-corrected chi connectivity index (χ4v) is 6.38. The zero-order valence-electron chi connectivity index (χ0n) is 15.0. The van der Waals surface area contributed by atoms with Gasteiger partial charge in [-0.1, -0.05) is 0 Å². The standard InChI is InChI=1S/C19H27F3N2O2/c20-19(21,22)11-23-16(25)15-1-3-24(4-2-15)17(26)18-8-12-5-13(9-18)7-14(6-12)10-18/h12-15H,1-11H2,(H,23,25). The molecule has 4 aliphatic carbocycles. The highest BCUT2D eigenvalue weighted by atomic mass is 19.4. The van der Waals surface area contributed by atoms with Crippen LogP contribution < -0.4 is 5.32 Å². The molecule has 5 rings (SSSR count). The molecule has 26 heavy (non-hydrogen) atoms. The quantitative estimate of drug-likeness (QED) is 0.828. The predicted octanol–water partition coefficient (Wildman–Crippen LogP) is 3.12. The summed E-state index contributed by atoms with van der Waals surface area (Å²) >= 11 is 0. The Balaban J connectivity index is 1.32. The number of rotatable bonds is 3. The smallest absolute Gasteiger partial charge is 0.347 e. The van der Waals surface area contributed by atoms with Crippen molar-refractivity contribution in [3.8, 4) is 0 Å². The fraction of sp³-hybridized carbons (Fsp3) is 0.895. The number of nitrogens with one attached hydrogen (secondary N) is 1. The summed E-state index contributed by atoms with van der Waals surface area (Å²) in [5.41, 5.74) is -0.180. The first-order valence-electron chi connectivity index (χ1n) is 9.88. The lowest BCUT2D eigenvalue weighted by Crippen LogP contribution is -2.56. The van der Waals surface area contributed by atoms with E-state index in [1.54, 1.807) is 0 Å². The molecule has 0 atom stereocenters. The highest BCUT2D eigenvalue weighted by molar-refractivity contribution is 5.84. The second kappa shape index (κ2) is 6.41. The average molecular weight is 372 g/mol. The minimum Gasteiger partial charge on any atom is -0.347 e. The van der Waals surface area contributed by atoms with Gasteiger partial charge in [0.05, 0.1) is 5.41 Å². The van der Waals surface area contributed by atoms with Gasteiger partial charge in [0.15, 0.2) is 0 Å². The van der Waals surface area contributed by atoms with Crippen LogP contribution in [0.25, 0.3) is 0 Å². The molecule has 1 heterocycles. The Bertz CT molecular complexity index is 547. The third kappa shape index (κ3) is 3.46. The second-order valence-corrected chi connectivity index (χ2v) is 9.10. The number of nitrogens with zero attached hydrogens (tertiary/aromatic N) is 1. The SMILES string of the molecule is O=C(NCC(F)(F)F)C1CCN(C(=O)C23CC4CC(CC(C4)C2)C3)CC1. The topological polar surface area (TPSA) is 49.4 Å². The first-order chi connectivity index (χ1) is 12.2. The highest BCUT2D eigenvalue weighted by Crippen LogP contribution is 2.60. The van der Waals surface area contributed by atoms with Gasteiger partial charge < -0.3 is 10.2 Å². The molecular weight excluding hydrogens is 345 g/mol. The molecule has 5 fully saturated rings. The van der Waals surface area contributed by atoms with Crippen molar-refractivity contribution in [1.29, 1.82) is 0 Å². The Morgan fingerprint density at radius 3 is 1.92 bits per heavy atom. The summed E-state index contributed by atoms with van der Waals surface area (Å²) in [7, 11) is 0. The van der Waals surface area contributed by atoms with Gasteiger partial charge in [-0.25, -0.2) is 0 Å². The Morgan fingerprint density at radius 1 is 0.962 bits per heavy atom. The predicted molar refractivity (Wildman–Crippen MR) is 89.0 cm³/mol. The molecule has 0 unspecified atom stereocenters. The number of likely N-dealkylation sites (tertiary alicyclic amines) is 1. The van der Waals surface area contributed by atoms with E-state index in [0.717, 1.165) is 19.3 Å². The summed E-state index contributed by atoms with van der Waals surface area (Å²) in [6.07, 6.45) is 3.45. The van der Waals surface area contributed by atoms with Crippen LogP contribution in [0.1, 0.15) is 51.4 Å². The van der Waals surface area contributed by atoms with Crippen molar-refractivity contribution in [3.05, 3.63) is 0 Å². The second-order valence-electron chi connectivity index (χ2n) is 9.10. The van der Waals surface area contributed by atoms with Gasteiger partial charge >= 0.3 is 6.18 Å². The van der Waals surface area contributed by atoms with Crippen molar-refractivity contribution >= 4 is 11.8 Å². The molecule has 0 spiro atoms. The van der Waals surface area contributed by atoms with Crippen LogP contribution in [-0.2, 0) is 9.59 Å². The molecule has 4 saturated carbocycles. The van der Waals surface area contributed by atoms with E-state index in [4.69, 9.17) is 0 Å². The van der Waals surface area contributed by atoms with Gasteiger partial charge in [0.25, 0.3) is 0 Å². The van der Waals surface area contributed by atoms with E-state index < -0.39 is 24.5 Å². The molecule has 7 heteroatoms. The molecule has 0 aromatic heterocycles. The van der Waals surface area contributed by atoms with Gasteiger partial charge in [-0.05, 0) is 69.1 Å². The molecule has 4 nitrogen and oxygen atoms in total. The fourth-order valence-electron chi connectivity index (χ4n) is 6.38. The van der Waals surface area contributed by atoms with E-state index in [1.807, 2.05) is 10.2 Å². The Hall–Kier alpha value is -1.27. The Labute approximate surface area is 151 Å². The van der Waals surface area contributed by atoms with E-state index in [-0.39, 0.29) is 11.3 Å². The van der Waals surface area contributed by atoms with Crippen LogP contribution in [0.2, 0.25) is 0 Å². The number of alkyl halides is 3. The number of carbonyl (C=O) groups is 2. The number of amides is 2. The molecule has 1 aliphatic heterocycles. The van der Waals surface area contributed by atoms with Crippen molar-refractivity contribution < 1.29 is 22.8 Å². The van der Waals surface area contributed by atoms with Crippen LogP contribution in [0, 0.1) is 29.1 Å². The van der Waals surface area contributed by atoms with Crippen LogP contribution in [0.4, 0.5) is 13.2 Å². The molecule has 0 aromatic rings. The van der Waals surface area contributed by atoms with Crippen LogP contribution in [0.5, 0.6) is 0 Å². The number of piperidine rings is 1. The average Bonchev–Trinajstić information content (AvgIpc) is 2.57. The van der Waals surface area contributed by atoms with Crippen molar-refractivity contribution in [2.45, 2.75) is 57.5 Å². The van der Waals surface area contributed by atoms with Crippen molar-refractivity contribution in [3.63, 3.8) is 0 Å². The van der Waals surface area contributed by atoms with E-state index in [1.165, 1.54) is 19.3 Å². The van der Waals surface area contributed by atoms with E-state index in [9.17, 15) is 22.8 Å². The third-order valence-corrected chi connectivity index (χ3v) is 7.11. The van der Waals surface area contributed by atoms with Crippen molar-refractivity contribution in [1.82, 2.24) is 10.2 Å². The number of hydrogen-bond acceptors (Lipinski definition) is 2. The maximum Gasteiger partial charge on any atom is 0.405 e. The lowest BCUT2D eigenvalue weighted by atomic mass is 9.49. The van der Waals surface area contributed by atoms with Gasteiger partial charge in [-0.3, -0.25) is 9.59 Å². The highest BCUT2D eigenvalue weighted by Gasteiger charge is 2.55. The lowest BCUT2D eigenvalue weighted by Gasteiger charge is -2.57. The third-order valence-electron chi connectivity index (χ3n) is 7.11. The van der Waals surface area contributed by atoms with Gasteiger partial charge in [0, 0.05) is 19.0 Å². The van der Waals surface area contributed by atoms with Crippen LogP contribution >= 0.6 is 0 Å². The van der Waals surface area contributed by atoms with Crippen LogP contribution in [0.15, 0.2) is 0 Å². The van der Waals surface area contributed by atoms with Gasteiger partial charge in [-0.2, -0.15) is 13.2 Å². The van der Waals surface area contributed by atoms with Crippen molar-refractivity contribution in [2.75, 3.05) is 19.6 Å². The minimum atomic E-state index is -4.38. The van der Waals surface area contributed by atoms with Gasteiger partial charge in [0.1, 0.15) is 6.54 Å².